The summed E-state index contributed by atoms with van der Waals surface area (Å²) < 4.78 is 0. The van der Waals surface area contributed by atoms with Gasteiger partial charge in [0.1, 0.15) is 0 Å². The van der Waals surface area contributed by atoms with Crippen molar-refractivity contribution in [1.29, 1.82) is 0 Å². The van der Waals surface area contributed by atoms with Crippen LogP contribution in [-0.2, 0) is 0 Å². The van der Waals surface area contributed by atoms with Crippen molar-refractivity contribution in [2.45, 2.75) is 0 Å². The summed E-state index contributed by atoms with van der Waals surface area (Å²) in [6.07, 6.45) is 0. The molecule has 1 aromatic heterocycles. The van der Waals surface area contributed by atoms with E-state index >= 15 is 0 Å². The van der Waals surface area contributed by atoms with Gasteiger partial charge >= 0.3 is 0 Å². The third-order valence-corrected chi connectivity index (χ3v) is 9.88. The zero-order valence-corrected chi connectivity index (χ0v) is 27.1. The minimum Gasteiger partial charge on any atom is -0.208 e. The fourth-order valence-electron chi connectivity index (χ4n) is 7.52. The summed E-state index contributed by atoms with van der Waals surface area (Å²) in [4.78, 5) is 15.5. The number of rotatable bonds is 4. The van der Waals surface area contributed by atoms with E-state index in [2.05, 4.69) is 158 Å². The summed E-state index contributed by atoms with van der Waals surface area (Å²) >= 11 is 0. The third kappa shape index (κ3) is 4.63. The molecule has 10 rings (SSSR count). The Hall–Kier alpha value is -6.71. The van der Waals surface area contributed by atoms with E-state index in [1.165, 1.54) is 48.7 Å². The van der Waals surface area contributed by atoms with Crippen LogP contribution in [0.15, 0.2) is 176 Å². The fourth-order valence-corrected chi connectivity index (χ4v) is 7.52. The SMILES string of the molecule is c1ccc(-c2nc(-c3cccc(-c4cccc5ccccc45)c3)nc(-c3cc4ccccc4c4c3ccc3c5ccccc5ccc34)n2)cc1. The van der Waals surface area contributed by atoms with Crippen LogP contribution in [0.2, 0.25) is 0 Å². The van der Waals surface area contributed by atoms with Crippen molar-refractivity contribution in [2.75, 3.05) is 0 Å². The molecule has 0 aliphatic heterocycles. The lowest BCUT2D eigenvalue weighted by Crippen LogP contribution is -2.01. The average molecular weight is 636 g/mol. The van der Waals surface area contributed by atoms with Crippen LogP contribution in [0.25, 0.3) is 99.2 Å². The molecule has 0 aliphatic rings. The summed E-state index contributed by atoms with van der Waals surface area (Å²) in [6.45, 7) is 0. The highest BCUT2D eigenvalue weighted by molar-refractivity contribution is 6.27. The maximum atomic E-state index is 5.26. The molecule has 10 aromatic rings. The van der Waals surface area contributed by atoms with Gasteiger partial charge < -0.3 is 0 Å². The van der Waals surface area contributed by atoms with Gasteiger partial charge in [0.15, 0.2) is 17.5 Å². The van der Waals surface area contributed by atoms with Crippen LogP contribution in [0.4, 0.5) is 0 Å². The summed E-state index contributed by atoms with van der Waals surface area (Å²) in [5.41, 5.74) is 5.18. The van der Waals surface area contributed by atoms with E-state index in [0.29, 0.717) is 17.5 Å². The average Bonchev–Trinajstić information content (AvgIpc) is 3.20. The molecular weight excluding hydrogens is 607 g/mol. The van der Waals surface area contributed by atoms with E-state index < -0.39 is 0 Å². The van der Waals surface area contributed by atoms with Crippen molar-refractivity contribution < 1.29 is 0 Å². The second kappa shape index (κ2) is 11.5. The molecule has 0 saturated carbocycles. The Labute approximate surface area is 289 Å². The molecule has 0 radical (unpaired) electrons. The summed E-state index contributed by atoms with van der Waals surface area (Å²) in [6, 6.07) is 62.2. The highest BCUT2D eigenvalue weighted by Gasteiger charge is 2.18. The Balaban J connectivity index is 1.24. The molecule has 0 bridgehead atoms. The number of hydrogen-bond acceptors (Lipinski definition) is 3. The molecule has 0 saturated heterocycles. The minimum absolute atomic E-state index is 0.643. The molecule has 0 aliphatic carbocycles. The Morgan fingerprint density at radius 3 is 1.66 bits per heavy atom. The van der Waals surface area contributed by atoms with Gasteiger partial charge in [0.25, 0.3) is 0 Å². The molecule has 9 aromatic carbocycles. The predicted octanol–water partition coefficient (Wildman–Crippen LogP) is 12.3. The van der Waals surface area contributed by atoms with Gasteiger partial charge in [-0.3, -0.25) is 0 Å². The van der Waals surface area contributed by atoms with Crippen molar-refractivity contribution >= 4 is 53.9 Å². The first-order chi connectivity index (χ1) is 24.8. The predicted molar refractivity (Wildman–Crippen MR) is 209 cm³/mol. The molecule has 1 heterocycles. The second-order valence-corrected chi connectivity index (χ2v) is 12.8. The van der Waals surface area contributed by atoms with Crippen LogP contribution in [0.5, 0.6) is 0 Å². The first kappa shape index (κ1) is 28.3. The van der Waals surface area contributed by atoms with Crippen LogP contribution in [0, 0.1) is 0 Å². The lowest BCUT2D eigenvalue weighted by molar-refractivity contribution is 1.08. The fraction of sp³-hybridized carbons (Fsp3) is 0. The van der Waals surface area contributed by atoms with Gasteiger partial charge in [0, 0.05) is 16.7 Å². The second-order valence-electron chi connectivity index (χ2n) is 12.8. The molecule has 232 valence electrons. The smallest absolute Gasteiger partial charge is 0.164 e. The Bertz CT molecular complexity index is 2920. The molecule has 0 unspecified atom stereocenters. The van der Waals surface area contributed by atoms with Crippen LogP contribution in [0.3, 0.4) is 0 Å². The van der Waals surface area contributed by atoms with Crippen molar-refractivity contribution in [3.05, 3.63) is 176 Å². The van der Waals surface area contributed by atoms with E-state index in [9.17, 15) is 0 Å². The van der Waals surface area contributed by atoms with Gasteiger partial charge in [0.2, 0.25) is 0 Å². The summed E-state index contributed by atoms with van der Waals surface area (Å²) in [7, 11) is 0. The summed E-state index contributed by atoms with van der Waals surface area (Å²) in [5.74, 6) is 1.94. The van der Waals surface area contributed by atoms with E-state index in [1.54, 1.807) is 0 Å². The van der Waals surface area contributed by atoms with Crippen LogP contribution in [0.1, 0.15) is 0 Å². The first-order valence-corrected chi connectivity index (χ1v) is 16.9. The van der Waals surface area contributed by atoms with Gasteiger partial charge in [-0.1, -0.05) is 164 Å². The van der Waals surface area contributed by atoms with Crippen LogP contribution >= 0.6 is 0 Å². The van der Waals surface area contributed by atoms with Crippen LogP contribution < -0.4 is 0 Å². The van der Waals surface area contributed by atoms with E-state index in [-0.39, 0.29) is 0 Å². The minimum atomic E-state index is 0.643. The maximum absolute atomic E-state index is 5.26. The molecule has 0 N–H and O–H groups in total. The van der Waals surface area contributed by atoms with E-state index in [0.717, 1.165) is 33.0 Å². The van der Waals surface area contributed by atoms with Gasteiger partial charge in [-0.05, 0) is 77.1 Å². The third-order valence-electron chi connectivity index (χ3n) is 9.88. The number of hydrogen-bond donors (Lipinski definition) is 0. The molecule has 0 amide bonds. The van der Waals surface area contributed by atoms with Crippen molar-refractivity contribution in [1.82, 2.24) is 15.0 Å². The van der Waals surface area contributed by atoms with E-state index in [1.807, 2.05) is 18.2 Å². The Morgan fingerprint density at radius 2 is 0.820 bits per heavy atom. The largest absolute Gasteiger partial charge is 0.208 e. The van der Waals surface area contributed by atoms with E-state index in [4.69, 9.17) is 15.0 Å². The van der Waals surface area contributed by atoms with Crippen molar-refractivity contribution in [3.63, 3.8) is 0 Å². The molecule has 0 fully saturated rings. The summed E-state index contributed by atoms with van der Waals surface area (Å²) in [5, 5.41) is 12.1. The highest BCUT2D eigenvalue weighted by atomic mass is 15.0. The van der Waals surface area contributed by atoms with Crippen molar-refractivity contribution in [3.8, 4) is 45.3 Å². The zero-order valence-electron chi connectivity index (χ0n) is 27.1. The van der Waals surface area contributed by atoms with Crippen molar-refractivity contribution in [2.24, 2.45) is 0 Å². The normalized spacial score (nSPS) is 11.6. The standard InChI is InChI=1S/C47H29N3/c1-2-14-32(15-3-1)45-48-46(35-19-10-18-33(28-35)38-23-11-17-30-12-4-7-20-36(30)38)50-47(49-45)43-29-34-16-6-9-22-39(34)44-41-25-24-31-13-5-8-21-37(31)40(41)26-27-42(43)44/h1-29H. The molecular formula is C47H29N3. The first-order valence-electron chi connectivity index (χ1n) is 16.9. The molecule has 0 atom stereocenters. The number of aromatic nitrogens is 3. The maximum Gasteiger partial charge on any atom is 0.164 e. The Kier molecular flexibility index (Phi) is 6.49. The molecule has 3 heteroatoms. The zero-order chi connectivity index (χ0) is 33.0. The number of nitrogens with zero attached hydrogens (tertiary/aromatic N) is 3. The monoisotopic (exact) mass is 635 g/mol. The molecule has 3 nitrogen and oxygen atoms in total. The topological polar surface area (TPSA) is 38.7 Å². The quantitative estimate of drug-likeness (QED) is 0.181. The van der Waals surface area contributed by atoms with Gasteiger partial charge in [-0.2, -0.15) is 0 Å². The molecule has 0 spiro atoms. The number of benzene rings is 9. The number of fused-ring (bicyclic) bond motifs is 8. The van der Waals surface area contributed by atoms with Crippen LogP contribution in [-0.4, -0.2) is 15.0 Å². The van der Waals surface area contributed by atoms with Gasteiger partial charge in [0.05, 0.1) is 0 Å². The molecule has 50 heavy (non-hydrogen) atoms. The van der Waals surface area contributed by atoms with Gasteiger partial charge in [-0.25, -0.2) is 15.0 Å². The van der Waals surface area contributed by atoms with Gasteiger partial charge in [-0.15, -0.1) is 0 Å². The Morgan fingerprint density at radius 1 is 0.260 bits per heavy atom. The lowest BCUT2D eigenvalue weighted by atomic mass is 9.91. The highest BCUT2D eigenvalue weighted by Crippen LogP contribution is 2.41. The lowest BCUT2D eigenvalue weighted by Gasteiger charge is -2.15.